The molecule has 14 heavy (non-hydrogen) atoms. The molecule has 78 valence electrons. The molecule has 0 aliphatic carbocycles. The van der Waals surface area contributed by atoms with E-state index in [4.69, 9.17) is 0 Å². The highest BCUT2D eigenvalue weighted by Gasteiger charge is 2.21. The second kappa shape index (κ2) is 3.68. The van der Waals surface area contributed by atoms with Crippen LogP contribution in [0.3, 0.4) is 0 Å². The van der Waals surface area contributed by atoms with Crippen LogP contribution in [0, 0.1) is 6.92 Å². The van der Waals surface area contributed by atoms with Gasteiger partial charge in [0.05, 0.1) is 5.69 Å². The zero-order valence-electron chi connectivity index (χ0n) is 9.56. The predicted molar refractivity (Wildman–Crippen MR) is 57.2 cm³/mol. The predicted octanol–water partition coefficient (Wildman–Crippen LogP) is 3.72. The third-order valence-corrected chi connectivity index (χ3v) is 2.19. The van der Waals surface area contributed by atoms with Gasteiger partial charge < -0.3 is 0 Å². The van der Waals surface area contributed by atoms with E-state index in [1.165, 1.54) is 0 Å². The van der Waals surface area contributed by atoms with Gasteiger partial charge in [-0.15, -0.1) is 0 Å². The Labute approximate surface area is 85.4 Å². The molecule has 0 aliphatic heterocycles. The number of nitrogens with zero attached hydrogens (tertiary/aromatic N) is 1. The highest BCUT2D eigenvalue weighted by atomic mass is 19.1. The van der Waals surface area contributed by atoms with E-state index in [1.54, 1.807) is 13.8 Å². The fourth-order valence-corrected chi connectivity index (χ4v) is 1.29. The minimum absolute atomic E-state index is 0.344. The van der Waals surface area contributed by atoms with Crippen LogP contribution >= 0.6 is 0 Å². The lowest BCUT2D eigenvalue weighted by Gasteiger charge is -2.16. The molecule has 0 bridgehead atoms. The number of aromatic nitrogens is 1. The molecule has 0 radical (unpaired) electrons. The minimum atomic E-state index is -1.35. The number of rotatable bonds is 2. The van der Waals surface area contributed by atoms with Crippen molar-refractivity contribution < 1.29 is 4.39 Å². The number of halogens is 1. The second-order valence-electron chi connectivity index (χ2n) is 4.58. The molecule has 1 nitrogen and oxygen atoms in total. The summed E-state index contributed by atoms with van der Waals surface area (Å²) in [5.74, 6) is 0.344. The number of hydrogen-bond acceptors (Lipinski definition) is 1. The number of aryl methyl sites for hydroxylation is 1. The lowest BCUT2D eigenvalue weighted by atomic mass is 10.0. The first-order valence-corrected chi connectivity index (χ1v) is 4.98. The van der Waals surface area contributed by atoms with Crippen LogP contribution in [-0.2, 0) is 5.67 Å². The summed E-state index contributed by atoms with van der Waals surface area (Å²) in [7, 11) is 0. The summed E-state index contributed by atoms with van der Waals surface area (Å²) >= 11 is 0. The van der Waals surface area contributed by atoms with E-state index >= 15 is 0 Å². The van der Waals surface area contributed by atoms with Crippen molar-refractivity contribution in [2.45, 2.75) is 46.2 Å². The lowest BCUT2D eigenvalue weighted by Crippen LogP contribution is -2.13. The molecule has 2 heteroatoms. The second-order valence-corrected chi connectivity index (χ2v) is 4.58. The summed E-state index contributed by atoms with van der Waals surface area (Å²) in [5, 5.41) is 0. The number of hydrogen-bond donors (Lipinski definition) is 0. The Hall–Kier alpha value is -0.920. The average molecular weight is 195 g/mol. The number of pyridine rings is 1. The molecule has 0 atom stereocenters. The Morgan fingerprint density at radius 2 is 1.86 bits per heavy atom. The van der Waals surface area contributed by atoms with Crippen molar-refractivity contribution in [3.8, 4) is 0 Å². The smallest absolute Gasteiger partial charge is 0.147 e. The van der Waals surface area contributed by atoms with E-state index in [9.17, 15) is 4.39 Å². The van der Waals surface area contributed by atoms with Crippen LogP contribution in [0.15, 0.2) is 12.1 Å². The largest absolute Gasteiger partial charge is 0.254 e. The van der Waals surface area contributed by atoms with Crippen LogP contribution in [0.1, 0.15) is 50.6 Å². The highest BCUT2D eigenvalue weighted by molar-refractivity contribution is 5.24. The number of alkyl halides is 1. The molecule has 0 spiro atoms. The molecule has 0 N–H and O–H groups in total. The monoisotopic (exact) mass is 195 g/mol. The van der Waals surface area contributed by atoms with Gasteiger partial charge in [0.2, 0.25) is 0 Å². The van der Waals surface area contributed by atoms with Gasteiger partial charge in [0.1, 0.15) is 5.67 Å². The molecule has 0 amide bonds. The summed E-state index contributed by atoms with van der Waals surface area (Å²) < 4.78 is 13.7. The zero-order chi connectivity index (χ0) is 10.9. The maximum atomic E-state index is 13.7. The van der Waals surface area contributed by atoms with Crippen molar-refractivity contribution in [3.63, 3.8) is 0 Å². The van der Waals surface area contributed by atoms with E-state index < -0.39 is 5.67 Å². The molecule has 0 saturated heterocycles. The van der Waals surface area contributed by atoms with Crippen molar-refractivity contribution in [1.29, 1.82) is 0 Å². The fraction of sp³-hybridized carbons (Fsp3) is 0.583. The SMILES string of the molecule is Cc1cc(C(C)C)nc(C(C)(C)F)c1. The van der Waals surface area contributed by atoms with Crippen LogP contribution < -0.4 is 0 Å². The van der Waals surface area contributed by atoms with Crippen LogP contribution in [0.2, 0.25) is 0 Å². The van der Waals surface area contributed by atoms with Crippen molar-refractivity contribution in [1.82, 2.24) is 4.98 Å². The van der Waals surface area contributed by atoms with Gasteiger partial charge in [-0.1, -0.05) is 13.8 Å². The Morgan fingerprint density at radius 3 is 2.29 bits per heavy atom. The lowest BCUT2D eigenvalue weighted by molar-refractivity contribution is 0.213. The fourth-order valence-electron chi connectivity index (χ4n) is 1.29. The van der Waals surface area contributed by atoms with Crippen LogP contribution in [-0.4, -0.2) is 4.98 Å². The topological polar surface area (TPSA) is 12.9 Å². The summed E-state index contributed by atoms with van der Waals surface area (Å²) in [4.78, 5) is 4.33. The third kappa shape index (κ3) is 2.53. The third-order valence-electron chi connectivity index (χ3n) is 2.19. The molecule has 0 unspecified atom stereocenters. The van der Waals surface area contributed by atoms with Crippen molar-refractivity contribution in [2.24, 2.45) is 0 Å². The van der Waals surface area contributed by atoms with Crippen LogP contribution in [0.4, 0.5) is 4.39 Å². The van der Waals surface area contributed by atoms with Crippen molar-refractivity contribution >= 4 is 0 Å². The quantitative estimate of drug-likeness (QED) is 0.701. The van der Waals surface area contributed by atoms with Gasteiger partial charge in [-0.2, -0.15) is 0 Å². The van der Waals surface area contributed by atoms with Gasteiger partial charge in [0.25, 0.3) is 0 Å². The summed E-state index contributed by atoms with van der Waals surface area (Å²) in [6.45, 7) is 9.19. The molecule has 0 aliphatic rings. The maximum absolute atomic E-state index is 13.7. The van der Waals surface area contributed by atoms with Gasteiger partial charge in [-0.05, 0) is 44.4 Å². The molecule has 1 aromatic rings. The Bertz CT molecular complexity index is 324. The summed E-state index contributed by atoms with van der Waals surface area (Å²) in [6.07, 6.45) is 0. The standard InChI is InChI=1S/C12H18FN/c1-8(2)10-6-9(3)7-11(14-10)12(4,5)13/h6-8H,1-5H3. The van der Waals surface area contributed by atoms with E-state index in [0.717, 1.165) is 11.3 Å². The normalized spacial score (nSPS) is 12.2. The average Bonchev–Trinajstić information content (AvgIpc) is 2.01. The first-order valence-electron chi connectivity index (χ1n) is 4.98. The van der Waals surface area contributed by atoms with Gasteiger partial charge >= 0.3 is 0 Å². The zero-order valence-corrected chi connectivity index (χ0v) is 9.56. The first kappa shape index (κ1) is 11.2. The summed E-state index contributed by atoms with van der Waals surface area (Å²) in [5.41, 5.74) is 1.21. The van der Waals surface area contributed by atoms with Gasteiger partial charge in [0, 0.05) is 5.69 Å². The van der Waals surface area contributed by atoms with Crippen LogP contribution in [0.25, 0.3) is 0 Å². The summed E-state index contributed by atoms with van der Waals surface area (Å²) in [6, 6.07) is 3.83. The van der Waals surface area contributed by atoms with E-state index in [-0.39, 0.29) is 0 Å². The van der Waals surface area contributed by atoms with Gasteiger partial charge in [-0.25, -0.2) is 4.39 Å². The molecule has 1 heterocycles. The Kier molecular flexibility index (Phi) is 2.93. The molecule has 0 aromatic carbocycles. The maximum Gasteiger partial charge on any atom is 0.147 e. The van der Waals surface area contributed by atoms with Gasteiger partial charge in [0.15, 0.2) is 0 Å². The minimum Gasteiger partial charge on any atom is -0.254 e. The van der Waals surface area contributed by atoms with E-state index in [1.807, 2.05) is 19.1 Å². The molecule has 1 aromatic heterocycles. The van der Waals surface area contributed by atoms with Crippen molar-refractivity contribution in [2.75, 3.05) is 0 Å². The molecule has 0 saturated carbocycles. The molecular weight excluding hydrogens is 177 g/mol. The van der Waals surface area contributed by atoms with E-state index in [0.29, 0.717) is 11.6 Å². The van der Waals surface area contributed by atoms with Crippen molar-refractivity contribution in [3.05, 3.63) is 29.1 Å². The first-order chi connectivity index (χ1) is 6.30. The Balaban J connectivity index is 3.21. The van der Waals surface area contributed by atoms with Crippen LogP contribution in [0.5, 0.6) is 0 Å². The molecule has 0 fully saturated rings. The van der Waals surface area contributed by atoms with E-state index in [2.05, 4.69) is 18.8 Å². The highest BCUT2D eigenvalue weighted by Crippen LogP contribution is 2.25. The molecule has 1 rings (SSSR count). The van der Waals surface area contributed by atoms with Gasteiger partial charge in [-0.3, -0.25) is 4.98 Å². The molecular formula is C12H18FN. The Morgan fingerprint density at radius 1 is 1.29 bits per heavy atom.